The molecule has 0 aromatic rings. The maximum absolute atomic E-state index is 5.40. The first-order valence-corrected chi connectivity index (χ1v) is 5.14. The van der Waals surface area contributed by atoms with Gasteiger partial charge in [0.25, 0.3) is 0 Å². The summed E-state index contributed by atoms with van der Waals surface area (Å²) in [5.41, 5.74) is 2.64. The van der Waals surface area contributed by atoms with Gasteiger partial charge in [-0.05, 0) is 44.0 Å². The Labute approximate surface area is 86.3 Å². The molecule has 0 amide bonds. The molecule has 1 heterocycles. The molecule has 0 spiro atoms. The maximum Gasteiger partial charge on any atom is 0.0932 e. The molecule has 0 aliphatic carbocycles. The molecule has 0 saturated carbocycles. The second-order valence-corrected chi connectivity index (χ2v) is 3.37. The Morgan fingerprint density at radius 2 is 2.36 bits per heavy atom. The molecule has 1 N–H and O–H groups in total. The van der Waals surface area contributed by atoms with E-state index < -0.39 is 0 Å². The minimum atomic E-state index is 0.729. The molecule has 2 heteroatoms. The molecule has 0 unspecified atom stereocenters. The second-order valence-electron chi connectivity index (χ2n) is 3.37. The first-order valence-electron chi connectivity index (χ1n) is 5.14. The lowest BCUT2D eigenvalue weighted by molar-refractivity contribution is 0.231. The van der Waals surface area contributed by atoms with Gasteiger partial charge in [-0.3, -0.25) is 0 Å². The Balaban J connectivity index is 2.77. The lowest BCUT2D eigenvalue weighted by Crippen LogP contribution is -2.24. The van der Waals surface area contributed by atoms with Gasteiger partial charge in [0, 0.05) is 6.54 Å². The summed E-state index contributed by atoms with van der Waals surface area (Å²) in [5, 5.41) is 3.34. The lowest BCUT2D eigenvalue weighted by Gasteiger charge is -2.17. The van der Waals surface area contributed by atoms with Crippen molar-refractivity contribution in [2.45, 2.75) is 20.3 Å². The highest BCUT2D eigenvalue weighted by atomic mass is 16.5. The van der Waals surface area contributed by atoms with Crippen LogP contribution in [0.25, 0.3) is 0 Å². The fourth-order valence-electron chi connectivity index (χ4n) is 1.61. The largest absolute Gasteiger partial charge is 0.499 e. The van der Waals surface area contributed by atoms with Gasteiger partial charge in [0.05, 0.1) is 12.4 Å². The third-order valence-corrected chi connectivity index (χ3v) is 2.29. The minimum absolute atomic E-state index is 0.729. The average molecular weight is 193 g/mol. The molecule has 78 valence electrons. The summed E-state index contributed by atoms with van der Waals surface area (Å²) in [6, 6.07) is 0. The molecule has 1 rings (SSSR count). The van der Waals surface area contributed by atoms with Gasteiger partial charge >= 0.3 is 0 Å². The van der Waals surface area contributed by atoms with Gasteiger partial charge in [-0.15, -0.1) is 0 Å². The minimum Gasteiger partial charge on any atom is -0.499 e. The average Bonchev–Trinajstić information content (AvgIpc) is 2.19. The summed E-state index contributed by atoms with van der Waals surface area (Å²) in [5.74, 6) is 0.977. The molecule has 0 aromatic carbocycles. The van der Waals surface area contributed by atoms with E-state index >= 15 is 0 Å². The van der Waals surface area contributed by atoms with Crippen molar-refractivity contribution in [1.29, 1.82) is 0 Å². The zero-order chi connectivity index (χ0) is 10.4. The highest BCUT2D eigenvalue weighted by Gasteiger charge is 2.07. The molecule has 0 saturated heterocycles. The van der Waals surface area contributed by atoms with Crippen molar-refractivity contribution in [2.24, 2.45) is 0 Å². The third kappa shape index (κ3) is 3.04. The van der Waals surface area contributed by atoms with E-state index in [0.29, 0.717) is 0 Å². The van der Waals surface area contributed by atoms with Crippen molar-refractivity contribution in [3.63, 3.8) is 0 Å². The maximum atomic E-state index is 5.40. The molecule has 0 radical (unpaired) electrons. The van der Waals surface area contributed by atoms with Crippen molar-refractivity contribution >= 4 is 0 Å². The van der Waals surface area contributed by atoms with Gasteiger partial charge in [-0.25, -0.2) is 0 Å². The number of hydrogen-bond donors (Lipinski definition) is 1. The van der Waals surface area contributed by atoms with Crippen molar-refractivity contribution < 1.29 is 4.74 Å². The van der Waals surface area contributed by atoms with Crippen LogP contribution in [0.1, 0.15) is 20.3 Å². The highest BCUT2D eigenvalue weighted by Crippen LogP contribution is 2.16. The first-order chi connectivity index (χ1) is 6.77. The zero-order valence-corrected chi connectivity index (χ0v) is 9.10. The van der Waals surface area contributed by atoms with Crippen molar-refractivity contribution in [1.82, 2.24) is 5.32 Å². The van der Waals surface area contributed by atoms with Gasteiger partial charge in [0.2, 0.25) is 0 Å². The Kier molecular flexibility index (Phi) is 4.47. The van der Waals surface area contributed by atoms with Crippen molar-refractivity contribution in [3.05, 3.63) is 35.6 Å². The molecule has 1 aliphatic heterocycles. The number of hydrogen-bond acceptors (Lipinski definition) is 2. The van der Waals surface area contributed by atoms with Crippen LogP contribution in [0.4, 0.5) is 0 Å². The topological polar surface area (TPSA) is 21.3 Å². The van der Waals surface area contributed by atoms with E-state index in [1.807, 2.05) is 19.9 Å². The SMILES string of the molecule is C=CC1=C(/C=C(\C)OCC)CNCC1. The summed E-state index contributed by atoms with van der Waals surface area (Å²) < 4.78 is 5.40. The van der Waals surface area contributed by atoms with Gasteiger partial charge in [-0.2, -0.15) is 0 Å². The quantitative estimate of drug-likeness (QED) is 0.692. The Bertz CT molecular complexity index is 263. The van der Waals surface area contributed by atoms with Crippen molar-refractivity contribution in [3.8, 4) is 0 Å². The molecular formula is C12H19NO. The van der Waals surface area contributed by atoms with Crippen LogP contribution in [0.5, 0.6) is 0 Å². The Morgan fingerprint density at radius 3 is 3.00 bits per heavy atom. The van der Waals surface area contributed by atoms with E-state index in [0.717, 1.165) is 31.9 Å². The van der Waals surface area contributed by atoms with Crippen LogP contribution < -0.4 is 5.32 Å². The van der Waals surface area contributed by atoms with Crippen LogP contribution in [-0.4, -0.2) is 19.7 Å². The van der Waals surface area contributed by atoms with Crippen molar-refractivity contribution in [2.75, 3.05) is 19.7 Å². The van der Waals surface area contributed by atoms with Crippen LogP contribution in [0.2, 0.25) is 0 Å². The van der Waals surface area contributed by atoms with Gasteiger partial charge in [-0.1, -0.05) is 12.7 Å². The van der Waals surface area contributed by atoms with Crippen LogP contribution >= 0.6 is 0 Å². The Hall–Kier alpha value is -1.02. The third-order valence-electron chi connectivity index (χ3n) is 2.29. The summed E-state index contributed by atoms with van der Waals surface area (Å²) in [4.78, 5) is 0. The van der Waals surface area contributed by atoms with E-state index in [1.54, 1.807) is 0 Å². The summed E-state index contributed by atoms with van der Waals surface area (Å²) >= 11 is 0. The fourth-order valence-corrected chi connectivity index (χ4v) is 1.61. The fraction of sp³-hybridized carbons (Fsp3) is 0.500. The zero-order valence-electron chi connectivity index (χ0n) is 9.10. The summed E-state index contributed by atoms with van der Waals surface area (Å²) in [6.45, 7) is 10.5. The second kappa shape index (κ2) is 5.66. The standard InChI is InChI=1S/C12H19NO/c1-4-11-6-7-13-9-12(11)8-10(3)14-5-2/h4,8,13H,1,5-7,9H2,2-3H3/b10-8+. The van der Waals surface area contributed by atoms with Crippen LogP contribution in [0.3, 0.4) is 0 Å². The van der Waals surface area contributed by atoms with Crippen LogP contribution in [-0.2, 0) is 4.74 Å². The van der Waals surface area contributed by atoms with E-state index in [9.17, 15) is 0 Å². The molecule has 0 bridgehead atoms. The Morgan fingerprint density at radius 1 is 1.57 bits per heavy atom. The molecule has 0 aromatic heterocycles. The summed E-state index contributed by atoms with van der Waals surface area (Å²) in [6.07, 6.45) is 5.12. The summed E-state index contributed by atoms with van der Waals surface area (Å²) in [7, 11) is 0. The normalized spacial score (nSPS) is 18.3. The predicted molar refractivity (Wildman–Crippen MR) is 60.1 cm³/mol. The van der Waals surface area contributed by atoms with Crippen LogP contribution in [0, 0.1) is 0 Å². The smallest absolute Gasteiger partial charge is 0.0932 e. The predicted octanol–water partition coefficient (Wildman–Crippen LogP) is 2.40. The molecule has 14 heavy (non-hydrogen) atoms. The highest BCUT2D eigenvalue weighted by molar-refractivity contribution is 5.36. The molecule has 0 atom stereocenters. The van der Waals surface area contributed by atoms with E-state index in [2.05, 4.69) is 18.0 Å². The van der Waals surface area contributed by atoms with Crippen LogP contribution in [0.15, 0.2) is 35.6 Å². The lowest BCUT2D eigenvalue weighted by atomic mass is 10.0. The molecular weight excluding hydrogens is 174 g/mol. The number of nitrogens with one attached hydrogen (secondary N) is 1. The number of rotatable bonds is 4. The van der Waals surface area contributed by atoms with Gasteiger partial charge in [0.15, 0.2) is 0 Å². The van der Waals surface area contributed by atoms with Gasteiger partial charge < -0.3 is 10.1 Å². The van der Waals surface area contributed by atoms with E-state index in [1.165, 1.54) is 11.1 Å². The number of ether oxygens (including phenoxy) is 1. The van der Waals surface area contributed by atoms with Gasteiger partial charge in [0.1, 0.15) is 0 Å². The first kappa shape index (κ1) is 11.1. The molecule has 2 nitrogen and oxygen atoms in total. The monoisotopic (exact) mass is 193 g/mol. The molecule has 1 aliphatic rings. The molecule has 0 fully saturated rings. The van der Waals surface area contributed by atoms with E-state index in [4.69, 9.17) is 4.74 Å². The van der Waals surface area contributed by atoms with E-state index in [-0.39, 0.29) is 0 Å². The number of allylic oxidation sites excluding steroid dienone is 2.